The van der Waals surface area contributed by atoms with Crippen molar-refractivity contribution in [2.24, 2.45) is 0 Å². The van der Waals surface area contributed by atoms with Gasteiger partial charge in [0.05, 0.1) is 28.3 Å². The lowest BCUT2D eigenvalue weighted by Gasteiger charge is -2.38. The molecule has 0 aromatic heterocycles. The number of hydrogen-bond donors (Lipinski definition) is 1. The van der Waals surface area contributed by atoms with Gasteiger partial charge in [-0.3, -0.25) is 24.6 Å². The Morgan fingerprint density at radius 2 is 1.88 bits per heavy atom. The average molecular weight is 370 g/mol. The Bertz CT molecular complexity index is 959. The first-order chi connectivity index (χ1) is 12.2. The summed E-state index contributed by atoms with van der Waals surface area (Å²) in [5, 5.41) is 1.78. The van der Waals surface area contributed by atoms with Crippen molar-refractivity contribution in [2.45, 2.75) is 33.2 Å². The van der Waals surface area contributed by atoms with Gasteiger partial charge < -0.3 is 4.74 Å². The molecule has 0 saturated carbocycles. The lowest BCUT2D eigenvalue weighted by molar-refractivity contribution is -0.116. The largest absolute Gasteiger partial charge is 0.494 e. The summed E-state index contributed by atoms with van der Waals surface area (Å²) in [4.78, 5) is 39.1. The molecule has 0 radical (unpaired) electrons. The summed E-state index contributed by atoms with van der Waals surface area (Å²) in [6.07, 6.45) is 2.04. The minimum atomic E-state index is -0.540. The second-order valence-corrected chi connectivity index (χ2v) is 7.95. The minimum absolute atomic E-state index is 0.152. The molecule has 6 nitrogen and oxygen atoms in total. The fourth-order valence-electron chi connectivity index (χ4n) is 3.84. The maximum Gasteiger partial charge on any atom is 0.290 e. The van der Waals surface area contributed by atoms with Gasteiger partial charge >= 0.3 is 0 Å². The molecule has 3 amide bonds. The normalized spacial score (nSPS) is 23.2. The molecule has 3 aliphatic rings. The van der Waals surface area contributed by atoms with Crippen LogP contribution in [-0.2, 0) is 9.59 Å². The Balaban J connectivity index is 2.05. The van der Waals surface area contributed by atoms with Crippen molar-refractivity contribution in [3.05, 3.63) is 34.2 Å². The van der Waals surface area contributed by atoms with Crippen molar-refractivity contribution in [3.8, 4) is 5.75 Å². The Kier molecular flexibility index (Phi) is 3.56. The van der Waals surface area contributed by atoms with E-state index in [2.05, 4.69) is 5.32 Å². The summed E-state index contributed by atoms with van der Waals surface area (Å²) in [6.45, 7) is 8.29. The number of nitrogens with zero attached hydrogens (tertiary/aromatic N) is 1. The number of imide groups is 1. The number of carbonyl (C=O) groups excluding carboxylic acids is 3. The molecule has 3 aliphatic heterocycles. The monoisotopic (exact) mass is 370 g/mol. The molecule has 134 valence electrons. The predicted octanol–water partition coefficient (Wildman–Crippen LogP) is 3.32. The van der Waals surface area contributed by atoms with Crippen LogP contribution in [-0.4, -0.2) is 29.2 Å². The van der Waals surface area contributed by atoms with E-state index < -0.39 is 16.7 Å². The van der Waals surface area contributed by atoms with Gasteiger partial charge in [-0.05, 0) is 57.2 Å². The van der Waals surface area contributed by atoms with Crippen LogP contribution < -0.4 is 15.0 Å². The van der Waals surface area contributed by atoms with E-state index >= 15 is 0 Å². The summed E-state index contributed by atoms with van der Waals surface area (Å²) in [5.41, 5.74) is 3.10. The van der Waals surface area contributed by atoms with E-state index in [1.54, 1.807) is 11.0 Å². The molecule has 0 bridgehead atoms. The predicted molar refractivity (Wildman–Crippen MR) is 101 cm³/mol. The van der Waals surface area contributed by atoms with E-state index in [0.29, 0.717) is 17.9 Å². The Morgan fingerprint density at radius 3 is 2.50 bits per heavy atom. The molecule has 1 aromatic carbocycles. The molecule has 1 N–H and O–H groups in total. The SMILES string of the molecule is CCOc1cc2c3c(c1)/C(=C1/SC(=O)NC1=O)C(=O)N3C(C)(C)C=C2C. The lowest BCUT2D eigenvalue weighted by Crippen LogP contribution is -2.46. The van der Waals surface area contributed by atoms with Crippen molar-refractivity contribution < 1.29 is 19.1 Å². The fourth-order valence-corrected chi connectivity index (χ4v) is 4.61. The third kappa shape index (κ3) is 2.23. The minimum Gasteiger partial charge on any atom is -0.494 e. The molecular weight excluding hydrogens is 352 g/mol. The molecule has 3 heterocycles. The van der Waals surface area contributed by atoms with Gasteiger partial charge in [0.2, 0.25) is 0 Å². The van der Waals surface area contributed by atoms with Gasteiger partial charge in [0.25, 0.3) is 17.1 Å². The number of nitrogens with one attached hydrogen (secondary N) is 1. The standard InChI is InChI=1S/C19H18N2O4S/c1-5-25-10-6-11-9(2)8-19(3,4)21-14(11)12(7-10)13(17(21)23)15-16(22)20-18(24)26-15/h6-8H,5H2,1-4H3,(H,20,22,24)/b15-13-. The zero-order valence-corrected chi connectivity index (χ0v) is 15.7. The number of anilines is 1. The van der Waals surface area contributed by atoms with E-state index in [1.165, 1.54) is 0 Å². The first-order valence-electron chi connectivity index (χ1n) is 8.37. The van der Waals surface area contributed by atoms with Crippen LogP contribution >= 0.6 is 11.8 Å². The third-order valence-electron chi connectivity index (χ3n) is 4.72. The van der Waals surface area contributed by atoms with E-state index in [1.807, 2.05) is 39.8 Å². The maximum atomic E-state index is 13.3. The molecule has 26 heavy (non-hydrogen) atoms. The van der Waals surface area contributed by atoms with Gasteiger partial charge in [-0.2, -0.15) is 0 Å². The van der Waals surface area contributed by atoms with Gasteiger partial charge in [-0.25, -0.2) is 0 Å². The van der Waals surface area contributed by atoms with Crippen LogP contribution in [0.15, 0.2) is 23.1 Å². The van der Waals surface area contributed by atoms with E-state index in [-0.39, 0.29) is 16.4 Å². The molecule has 0 spiro atoms. The molecule has 1 saturated heterocycles. The zero-order valence-electron chi connectivity index (χ0n) is 14.9. The van der Waals surface area contributed by atoms with Crippen LogP contribution in [0, 0.1) is 0 Å². The summed E-state index contributed by atoms with van der Waals surface area (Å²) >= 11 is 0.772. The highest BCUT2D eigenvalue weighted by atomic mass is 32.2. The number of thioether (sulfide) groups is 1. The van der Waals surface area contributed by atoms with E-state index in [9.17, 15) is 14.4 Å². The quantitative estimate of drug-likeness (QED) is 0.808. The number of ether oxygens (including phenoxy) is 1. The number of carbonyl (C=O) groups is 3. The first kappa shape index (κ1) is 16.9. The van der Waals surface area contributed by atoms with Crippen LogP contribution in [0.4, 0.5) is 10.5 Å². The van der Waals surface area contributed by atoms with Crippen molar-refractivity contribution in [1.29, 1.82) is 0 Å². The van der Waals surface area contributed by atoms with Gasteiger partial charge in [-0.1, -0.05) is 6.08 Å². The molecule has 1 aromatic rings. The van der Waals surface area contributed by atoms with Crippen molar-refractivity contribution in [1.82, 2.24) is 5.32 Å². The Hall–Kier alpha value is -2.54. The van der Waals surface area contributed by atoms with E-state index in [4.69, 9.17) is 4.74 Å². The Labute approximate surface area is 155 Å². The molecule has 0 aliphatic carbocycles. The van der Waals surface area contributed by atoms with Crippen LogP contribution in [0.2, 0.25) is 0 Å². The van der Waals surface area contributed by atoms with E-state index in [0.717, 1.165) is 28.6 Å². The van der Waals surface area contributed by atoms with Crippen LogP contribution in [0.5, 0.6) is 5.75 Å². The number of allylic oxidation sites excluding steroid dienone is 1. The molecule has 7 heteroatoms. The zero-order chi connectivity index (χ0) is 18.8. The number of benzene rings is 1. The van der Waals surface area contributed by atoms with Crippen molar-refractivity contribution >= 4 is 45.6 Å². The molecule has 0 unspecified atom stereocenters. The van der Waals surface area contributed by atoms with Gasteiger partial charge in [0.15, 0.2) is 0 Å². The number of hydrogen-bond acceptors (Lipinski definition) is 5. The average Bonchev–Trinajstić information content (AvgIpc) is 3.01. The second kappa shape index (κ2) is 5.48. The van der Waals surface area contributed by atoms with Crippen molar-refractivity contribution in [2.75, 3.05) is 11.5 Å². The van der Waals surface area contributed by atoms with Gasteiger partial charge in [0.1, 0.15) is 5.75 Å². The summed E-state index contributed by atoms with van der Waals surface area (Å²) in [6, 6.07) is 3.71. The highest BCUT2D eigenvalue weighted by molar-refractivity contribution is 8.18. The van der Waals surface area contributed by atoms with Gasteiger partial charge in [-0.15, -0.1) is 0 Å². The second-order valence-electron chi connectivity index (χ2n) is 6.97. The van der Waals surface area contributed by atoms with Crippen LogP contribution in [0.3, 0.4) is 0 Å². The maximum absolute atomic E-state index is 13.3. The van der Waals surface area contributed by atoms with Crippen LogP contribution in [0.1, 0.15) is 38.8 Å². The van der Waals surface area contributed by atoms with Gasteiger partial charge in [0, 0.05) is 11.1 Å². The summed E-state index contributed by atoms with van der Waals surface area (Å²) in [5.74, 6) is -0.159. The smallest absolute Gasteiger partial charge is 0.290 e. The van der Waals surface area contributed by atoms with Crippen LogP contribution in [0.25, 0.3) is 11.1 Å². The molecular formula is C19H18N2O4S. The Morgan fingerprint density at radius 1 is 1.19 bits per heavy atom. The topological polar surface area (TPSA) is 75.7 Å². The third-order valence-corrected chi connectivity index (χ3v) is 5.60. The molecule has 0 atom stereocenters. The lowest BCUT2D eigenvalue weighted by atomic mass is 9.89. The molecule has 1 fully saturated rings. The highest BCUT2D eigenvalue weighted by Gasteiger charge is 2.47. The fraction of sp³-hybridized carbons (Fsp3) is 0.316. The molecule has 4 rings (SSSR count). The summed E-state index contributed by atoms with van der Waals surface area (Å²) in [7, 11) is 0. The summed E-state index contributed by atoms with van der Waals surface area (Å²) < 4.78 is 5.67. The highest BCUT2D eigenvalue weighted by Crippen LogP contribution is 2.52. The first-order valence-corrected chi connectivity index (χ1v) is 9.19. The number of amides is 3. The van der Waals surface area contributed by atoms with Crippen molar-refractivity contribution in [3.63, 3.8) is 0 Å². The number of rotatable bonds is 2.